The van der Waals surface area contributed by atoms with Gasteiger partial charge in [-0.15, -0.1) is 0 Å². The minimum Gasteiger partial charge on any atom is -0.477 e. The van der Waals surface area contributed by atoms with E-state index in [2.05, 4.69) is 10.3 Å². The van der Waals surface area contributed by atoms with E-state index in [4.69, 9.17) is 5.11 Å². The van der Waals surface area contributed by atoms with Crippen molar-refractivity contribution in [2.75, 3.05) is 11.4 Å². The second-order valence-corrected chi connectivity index (χ2v) is 6.14. The van der Waals surface area contributed by atoms with Gasteiger partial charge in [-0.05, 0) is 18.9 Å². The van der Waals surface area contributed by atoms with E-state index in [0.717, 1.165) is 23.3 Å². The van der Waals surface area contributed by atoms with Gasteiger partial charge in [-0.25, -0.2) is 14.6 Å². The molecule has 0 saturated carbocycles. The summed E-state index contributed by atoms with van der Waals surface area (Å²) in [6.07, 6.45) is 0.735. The van der Waals surface area contributed by atoms with Crippen LogP contribution >= 0.6 is 11.3 Å². The van der Waals surface area contributed by atoms with E-state index in [-0.39, 0.29) is 17.0 Å². The molecule has 1 fully saturated rings. The van der Waals surface area contributed by atoms with Crippen LogP contribution in [0.2, 0.25) is 0 Å². The summed E-state index contributed by atoms with van der Waals surface area (Å²) in [6.45, 7) is 2.12. The van der Waals surface area contributed by atoms with E-state index in [1.807, 2.05) is 30.3 Å². The number of hydrogen-bond acceptors (Lipinski definition) is 4. The Labute approximate surface area is 131 Å². The highest BCUT2D eigenvalue weighted by atomic mass is 32.1. The molecule has 2 aromatic rings. The van der Waals surface area contributed by atoms with Crippen molar-refractivity contribution in [3.05, 3.63) is 46.5 Å². The van der Waals surface area contributed by atoms with Crippen LogP contribution in [0.1, 0.15) is 20.9 Å². The molecule has 114 valence electrons. The highest BCUT2D eigenvalue weighted by molar-refractivity contribution is 7.17. The van der Waals surface area contributed by atoms with Crippen molar-refractivity contribution in [2.24, 2.45) is 0 Å². The van der Waals surface area contributed by atoms with Crippen molar-refractivity contribution in [2.45, 2.75) is 19.4 Å². The molecule has 7 heteroatoms. The SMILES string of the molecule is Cc1nc(N2C[C@@H](Cc3ccccc3)NC2=O)sc1C(=O)O. The average molecular weight is 317 g/mol. The minimum atomic E-state index is -1.01. The van der Waals surface area contributed by atoms with Crippen LogP contribution in [-0.2, 0) is 6.42 Å². The zero-order chi connectivity index (χ0) is 15.7. The van der Waals surface area contributed by atoms with Gasteiger partial charge in [-0.1, -0.05) is 41.7 Å². The van der Waals surface area contributed by atoms with Crippen LogP contribution in [0.4, 0.5) is 9.93 Å². The third-order valence-corrected chi connectivity index (χ3v) is 4.68. The zero-order valence-corrected chi connectivity index (χ0v) is 12.8. The first-order chi connectivity index (χ1) is 10.5. The van der Waals surface area contributed by atoms with Crippen molar-refractivity contribution in [1.82, 2.24) is 10.3 Å². The number of anilines is 1. The molecular formula is C15H15N3O3S. The molecule has 0 bridgehead atoms. The molecule has 3 rings (SSSR count). The third-order valence-electron chi connectivity index (χ3n) is 3.51. The number of carboxylic acids is 1. The number of aryl methyl sites for hydroxylation is 1. The molecule has 0 unspecified atom stereocenters. The number of nitrogens with zero attached hydrogens (tertiary/aromatic N) is 2. The molecule has 1 aliphatic rings. The summed E-state index contributed by atoms with van der Waals surface area (Å²) in [7, 11) is 0. The number of amides is 2. The molecule has 2 heterocycles. The Morgan fingerprint density at radius 1 is 1.45 bits per heavy atom. The second kappa shape index (κ2) is 5.76. The van der Waals surface area contributed by atoms with Crippen molar-refractivity contribution in [3.63, 3.8) is 0 Å². The topological polar surface area (TPSA) is 82.5 Å². The third kappa shape index (κ3) is 2.80. The van der Waals surface area contributed by atoms with Crippen LogP contribution < -0.4 is 10.2 Å². The molecule has 1 aromatic carbocycles. The summed E-state index contributed by atoms with van der Waals surface area (Å²) >= 11 is 1.03. The van der Waals surface area contributed by atoms with Crippen molar-refractivity contribution >= 4 is 28.5 Å². The molecule has 6 nitrogen and oxygen atoms in total. The van der Waals surface area contributed by atoms with Crippen molar-refractivity contribution < 1.29 is 14.7 Å². The molecule has 1 atom stereocenters. The fourth-order valence-corrected chi connectivity index (χ4v) is 3.39. The van der Waals surface area contributed by atoms with Crippen molar-refractivity contribution in [1.29, 1.82) is 0 Å². The highest BCUT2D eigenvalue weighted by Crippen LogP contribution is 2.28. The van der Waals surface area contributed by atoms with Gasteiger partial charge >= 0.3 is 12.0 Å². The summed E-state index contributed by atoms with van der Waals surface area (Å²) in [5, 5.41) is 12.4. The predicted octanol–water partition coefficient (Wildman–Crippen LogP) is 2.29. The Hall–Kier alpha value is -2.41. The first kappa shape index (κ1) is 14.5. The smallest absolute Gasteiger partial charge is 0.347 e. The lowest BCUT2D eigenvalue weighted by molar-refractivity contribution is 0.0701. The monoisotopic (exact) mass is 317 g/mol. The quantitative estimate of drug-likeness (QED) is 0.906. The second-order valence-electron chi connectivity index (χ2n) is 5.16. The molecule has 2 amide bonds. The van der Waals surface area contributed by atoms with Crippen LogP contribution in [0.25, 0.3) is 0 Å². The van der Waals surface area contributed by atoms with Crippen LogP contribution in [0.3, 0.4) is 0 Å². The molecule has 1 aromatic heterocycles. The first-order valence-corrected chi connectivity index (χ1v) is 7.69. The largest absolute Gasteiger partial charge is 0.477 e. The highest BCUT2D eigenvalue weighted by Gasteiger charge is 2.32. The molecule has 0 spiro atoms. The molecule has 22 heavy (non-hydrogen) atoms. The summed E-state index contributed by atoms with van der Waals surface area (Å²) in [5.74, 6) is -1.01. The number of carboxylic acid groups (broad SMARTS) is 1. The number of urea groups is 1. The maximum absolute atomic E-state index is 12.1. The van der Waals surface area contributed by atoms with Crippen LogP contribution in [-0.4, -0.2) is 34.7 Å². The lowest BCUT2D eigenvalue weighted by atomic mass is 10.1. The van der Waals surface area contributed by atoms with Gasteiger partial charge in [-0.3, -0.25) is 4.90 Å². The van der Waals surface area contributed by atoms with Crippen molar-refractivity contribution in [3.8, 4) is 0 Å². The summed E-state index contributed by atoms with van der Waals surface area (Å²) < 4.78 is 0. The van der Waals surface area contributed by atoms with E-state index in [1.54, 1.807) is 6.92 Å². The van der Waals surface area contributed by atoms with Gasteiger partial charge in [0.15, 0.2) is 5.13 Å². The van der Waals surface area contributed by atoms with Gasteiger partial charge in [0.2, 0.25) is 0 Å². The van der Waals surface area contributed by atoms with E-state index < -0.39 is 5.97 Å². The number of rotatable bonds is 4. The number of aromatic nitrogens is 1. The molecule has 1 saturated heterocycles. The van der Waals surface area contributed by atoms with Gasteiger partial charge in [-0.2, -0.15) is 0 Å². The fourth-order valence-electron chi connectivity index (χ4n) is 2.48. The van der Waals surface area contributed by atoms with Crippen LogP contribution in [0.15, 0.2) is 30.3 Å². The maximum Gasteiger partial charge on any atom is 0.347 e. The standard InChI is InChI=1S/C15H15N3O3S/c1-9-12(13(19)20)22-15(16-9)18-8-11(17-14(18)21)7-10-5-3-2-4-6-10/h2-6,11H,7-8H2,1H3,(H,17,21)(H,19,20)/t11-/m1/s1. The number of benzene rings is 1. The Balaban J connectivity index is 1.75. The maximum atomic E-state index is 12.1. The number of nitrogens with one attached hydrogen (secondary N) is 1. The zero-order valence-electron chi connectivity index (χ0n) is 11.9. The van der Waals surface area contributed by atoms with Crippen LogP contribution in [0.5, 0.6) is 0 Å². The van der Waals surface area contributed by atoms with Gasteiger partial charge in [0.25, 0.3) is 0 Å². The lowest BCUT2D eigenvalue weighted by Gasteiger charge is -2.10. The molecule has 0 radical (unpaired) electrons. The first-order valence-electron chi connectivity index (χ1n) is 6.87. The van der Waals surface area contributed by atoms with E-state index in [1.165, 1.54) is 4.90 Å². The molecule has 1 aliphatic heterocycles. The summed E-state index contributed by atoms with van der Waals surface area (Å²) in [4.78, 5) is 29.1. The van der Waals surface area contributed by atoms with E-state index >= 15 is 0 Å². The van der Waals surface area contributed by atoms with Crippen LogP contribution in [0, 0.1) is 6.92 Å². The Morgan fingerprint density at radius 3 is 2.82 bits per heavy atom. The number of hydrogen-bond donors (Lipinski definition) is 2. The van der Waals surface area contributed by atoms with Gasteiger partial charge < -0.3 is 10.4 Å². The molecule has 2 N–H and O–H groups in total. The van der Waals surface area contributed by atoms with E-state index in [0.29, 0.717) is 17.4 Å². The Morgan fingerprint density at radius 2 is 2.18 bits per heavy atom. The number of thiazole rings is 1. The lowest BCUT2D eigenvalue weighted by Crippen LogP contribution is -2.29. The predicted molar refractivity (Wildman–Crippen MR) is 83.6 cm³/mol. The van der Waals surface area contributed by atoms with E-state index in [9.17, 15) is 9.59 Å². The molecule has 0 aliphatic carbocycles. The number of carbonyl (C=O) groups excluding carboxylic acids is 1. The Bertz CT molecular complexity index is 714. The normalized spacial score (nSPS) is 17.6. The van der Waals surface area contributed by atoms with Gasteiger partial charge in [0.05, 0.1) is 18.3 Å². The summed E-state index contributed by atoms with van der Waals surface area (Å²) in [5.41, 5.74) is 1.59. The fraction of sp³-hybridized carbons (Fsp3) is 0.267. The Kier molecular flexibility index (Phi) is 3.81. The number of aromatic carboxylic acids is 1. The minimum absolute atomic E-state index is 0.00705. The van der Waals surface area contributed by atoms with Gasteiger partial charge in [0.1, 0.15) is 4.88 Å². The summed E-state index contributed by atoms with van der Waals surface area (Å²) in [6, 6.07) is 9.68. The molecular weight excluding hydrogens is 302 g/mol. The van der Waals surface area contributed by atoms with Gasteiger partial charge in [0, 0.05) is 0 Å². The number of carbonyl (C=O) groups is 2. The average Bonchev–Trinajstić information content (AvgIpc) is 3.03.